The zero-order valence-electron chi connectivity index (χ0n) is 11.7. The Bertz CT molecular complexity index is 785. The Morgan fingerprint density at radius 3 is 2.68 bits per heavy atom. The molecule has 2 aromatic rings. The highest BCUT2D eigenvalue weighted by Gasteiger charge is 2.25. The second kappa shape index (κ2) is 5.77. The first-order valence-electron chi connectivity index (χ1n) is 6.59. The minimum Gasteiger partial charge on any atom is -0.401 e. The van der Waals surface area contributed by atoms with Crippen LogP contribution in [0.4, 0.5) is 10.1 Å². The van der Waals surface area contributed by atoms with Crippen LogP contribution in [0.3, 0.4) is 0 Å². The molecule has 0 amide bonds. The Kier molecular flexibility index (Phi) is 3.65. The molecule has 1 heterocycles. The molecule has 1 aliphatic heterocycles. The van der Waals surface area contributed by atoms with Gasteiger partial charge in [0.2, 0.25) is 5.90 Å². The van der Waals surface area contributed by atoms with Crippen LogP contribution < -0.4 is 5.43 Å². The van der Waals surface area contributed by atoms with Crippen LogP contribution in [-0.2, 0) is 9.53 Å². The molecule has 0 atom stereocenters. The summed E-state index contributed by atoms with van der Waals surface area (Å²) in [6, 6.07) is 13.5. The van der Waals surface area contributed by atoms with Crippen LogP contribution in [0.1, 0.15) is 11.1 Å². The Balaban J connectivity index is 1.80. The van der Waals surface area contributed by atoms with Gasteiger partial charge in [-0.05, 0) is 42.8 Å². The van der Waals surface area contributed by atoms with Crippen LogP contribution in [0.25, 0.3) is 0 Å². The Hall–Kier alpha value is -3.02. The van der Waals surface area contributed by atoms with E-state index in [0.717, 1.165) is 0 Å². The van der Waals surface area contributed by atoms with Gasteiger partial charge in [0.1, 0.15) is 5.82 Å². The molecule has 0 aliphatic carbocycles. The third kappa shape index (κ3) is 2.85. The molecular weight excluding hydrogens is 285 g/mol. The first kappa shape index (κ1) is 13.9. The van der Waals surface area contributed by atoms with Crippen LogP contribution in [0.5, 0.6) is 0 Å². The van der Waals surface area contributed by atoms with Crippen molar-refractivity contribution in [1.82, 2.24) is 0 Å². The van der Waals surface area contributed by atoms with E-state index in [4.69, 9.17) is 4.74 Å². The monoisotopic (exact) mass is 297 g/mol. The van der Waals surface area contributed by atoms with E-state index >= 15 is 0 Å². The summed E-state index contributed by atoms with van der Waals surface area (Å²) in [5.74, 6) is -0.810. The zero-order valence-corrected chi connectivity index (χ0v) is 11.7. The van der Waals surface area contributed by atoms with Crippen LogP contribution in [0, 0.1) is 12.7 Å². The predicted molar refractivity (Wildman–Crippen MR) is 81.3 cm³/mol. The second-order valence-corrected chi connectivity index (χ2v) is 4.68. The maximum atomic E-state index is 13.2. The van der Waals surface area contributed by atoms with Gasteiger partial charge in [0.05, 0.1) is 5.69 Å². The molecule has 0 unspecified atom stereocenters. The van der Waals surface area contributed by atoms with Gasteiger partial charge in [-0.25, -0.2) is 9.18 Å². The summed E-state index contributed by atoms with van der Waals surface area (Å²) in [7, 11) is 0. The van der Waals surface area contributed by atoms with Gasteiger partial charge in [0.25, 0.3) is 5.84 Å². The van der Waals surface area contributed by atoms with E-state index in [1.54, 1.807) is 25.1 Å². The van der Waals surface area contributed by atoms with Crippen molar-refractivity contribution in [2.75, 3.05) is 5.43 Å². The number of halogens is 1. The van der Waals surface area contributed by atoms with Crippen molar-refractivity contribution in [1.29, 1.82) is 0 Å². The molecule has 0 saturated carbocycles. The molecule has 1 N–H and O–H groups in total. The van der Waals surface area contributed by atoms with Crippen LogP contribution in [0.15, 0.2) is 58.6 Å². The summed E-state index contributed by atoms with van der Waals surface area (Å²) in [6.45, 7) is 1.64. The highest BCUT2D eigenvalue weighted by atomic mass is 19.1. The number of nitrogens with one attached hydrogen (secondary N) is 1. The summed E-state index contributed by atoms with van der Waals surface area (Å²) in [5.41, 5.74) is 4.40. The van der Waals surface area contributed by atoms with E-state index in [0.29, 0.717) is 16.8 Å². The molecule has 2 aromatic carbocycles. The number of anilines is 1. The normalized spacial score (nSPS) is 15.6. The quantitative estimate of drug-likeness (QED) is 0.700. The zero-order chi connectivity index (χ0) is 15.5. The van der Waals surface area contributed by atoms with Crippen LogP contribution in [-0.4, -0.2) is 17.7 Å². The number of hydrazone groups is 1. The lowest BCUT2D eigenvalue weighted by Gasteiger charge is -2.02. The number of hydrogen-bond acceptors (Lipinski definition) is 4. The Labute approximate surface area is 126 Å². The maximum Gasteiger partial charge on any atom is 0.385 e. The highest BCUT2D eigenvalue weighted by molar-refractivity contribution is 6.43. The third-order valence-corrected chi connectivity index (χ3v) is 3.05. The smallest absolute Gasteiger partial charge is 0.385 e. The molecule has 6 heteroatoms. The van der Waals surface area contributed by atoms with Crippen molar-refractivity contribution < 1.29 is 13.9 Å². The molecule has 0 bridgehead atoms. The SMILES string of the molecule is Cc1cc(NN=C2N=C(c3ccccc3)OC2=O)ccc1F. The largest absolute Gasteiger partial charge is 0.401 e. The van der Waals surface area contributed by atoms with Crippen molar-refractivity contribution in [3.63, 3.8) is 0 Å². The van der Waals surface area contributed by atoms with Gasteiger partial charge in [0.15, 0.2) is 0 Å². The number of cyclic esters (lactones) is 1. The molecule has 5 nitrogen and oxygen atoms in total. The molecular formula is C16H12FN3O2. The lowest BCUT2D eigenvalue weighted by Crippen LogP contribution is -2.11. The summed E-state index contributed by atoms with van der Waals surface area (Å²) >= 11 is 0. The number of ether oxygens (including phenoxy) is 1. The van der Waals surface area contributed by atoms with E-state index in [1.807, 2.05) is 18.2 Å². The number of rotatable bonds is 3. The number of hydrogen-bond donors (Lipinski definition) is 1. The number of amidine groups is 1. The molecule has 0 aromatic heterocycles. The Morgan fingerprint density at radius 1 is 1.18 bits per heavy atom. The van der Waals surface area contributed by atoms with Crippen molar-refractivity contribution >= 4 is 23.4 Å². The molecule has 0 spiro atoms. The average Bonchev–Trinajstić information content (AvgIpc) is 2.90. The Morgan fingerprint density at radius 2 is 1.95 bits per heavy atom. The van der Waals surface area contributed by atoms with Gasteiger partial charge in [-0.2, -0.15) is 4.99 Å². The summed E-state index contributed by atoms with van der Waals surface area (Å²) in [6.07, 6.45) is 0. The van der Waals surface area contributed by atoms with E-state index in [1.165, 1.54) is 12.1 Å². The number of aryl methyl sites for hydroxylation is 1. The number of carbonyl (C=O) groups is 1. The van der Waals surface area contributed by atoms with E-state index in [-0.39, 0.29) is 17.6 Å². The summed E-state index contributed by atoms with van der Waals surface area (Å²) in [5, 5.41) is 3.90. The summed E-state index contributed by atoms with van der Waals surface area (Å²) in [4.78, 5) is 15.8. The second-order valence-electron chi connectivity index (χ2n) is 4.68. The van der Waals surface area contributed by atoms with Gasteiger partial charge in [-0.15, -0.1) is 5.10 Å². The van der Waals surface area contributed by atoms with Gasteiger partial charge in [-0.3, -0.25) is 5.43 Å². The molecule has 22 heavy (non-hydrogen) atoms. The third-order valence-electron chi connectivity index (χ3n) is 3.05. The number of aliphatic imine (C=N–C) groups is 1. The molecule has 0 fully saturated rings. The lowest BCUT2D eigenvalue weighted by atomic mass is 10.2. The van der Waals surface area contributed by atoms with Gasteiger partial charge in [0, 0.05) is 5.56 Å². The number of carbonyl (C=O) groups excluding carboxylic acids is 1. The molecule has 1 aliphatic rings. The van der Waals surface area contributed by atoms with E-state index in [9.17, 15) is 9.18 Å². The summed E-state index contributed by atoms with van der Waals surface area (Å²) < 4.78 is 18.3. The van der Waals surface area contributed by atoms with Gasteiger partial charge in [-0.1, -0.05) is 18.2 Å². The topological polar surface area (TPSA) is 63.1 Å². The maximum absolute atomic E-state index is 13.2. The first-order chi connectivity index (χ1) is 10.6. The standard InChI is InChI=1S/C16H12FN3O2/c1-10-9-12(7-8-13(10)17)19-20-14-16(21)22-15(18-14)11-5-3-2-4-6-11/h2-9,19H,1H3. The molecule has 3 rings (SSSR count). The minimum absolute atomic E-state index is 0.0826. The average molecular weight is 297 g/mol. The molecule has 110 valence electrons. The number of benzene rings is 2. The highest BCUT2D eigenvalue weighted by Crippen LogP contribution is 2.15. The molecule has 0 saturated heterocycles. The van der Waals surface area contributed by atoms with Crippen molar-refractivity contribution in [2.24, 2.45) is 10.1 Å². The molecule has 0 radical (unpaired) electrons. The van der Waals surface area contributed by atoms with Crippen LogP contribution >= 0.6 is 0 Å². The van der Waals surface area contributed by atoms with Gasteiger partial charge < -0.3 is 4.74 Å². The fourth-order valence-corrected chi connectivity index (χ4v) is 1.90. The van der Waals surface area contributed by atoms with Crippen molar-refractivity contribution in [3.8, 4) is 0 Å². The van der Waals surface area contributed by atoms with Crippen molar-refractivity contribution in [2.45, 2.75) is 6.92 Å². The van der Waals surface area contributed by atoms with Crippen molar-refractivity contribution in [3.05, 3.63) is 65.5 Å². The fraction of sp³-hybridized carbons (Fsp3) is 0.0625. The van der Waals surface area contributed by atoms with E-state index in [2.05, 4.69) is 15.5 Å². The minimum atomic E-state index is -0.634. The van der Waals surface area contributed by atoms with Crippen LogP contribution in [0.2, 0.25) is 0 Å². The van der Waals surface area contributed by atoms with Gasteiger partial charge >= 0.3 is 5.97 Å². The number of esters is 1. The fourth-order valence-electron chi connectivity index (χ4n) is 1.90. The number of nitrogens with zero attached hydrogens (tertiary/aromatic N) is 2. The predicted octanol–water partition coefficient (Wildman–Crippen LogP) is 2.86. The first-order valence-corrected chi connectivity index (χ1v) is 6.59. The lowest BCUT2D eigenvalue weighted by molar-refractivity contribution is -0.127. The van der Waals surface area contributed by atoms with E-state index < -0.39 is 5.97 Å².